The van der Waals surface area contributed by atoms with Crippen molar-refractivity contribution in [3.8, 4) is 0 Å². The molecule has 1 rings (SSSR count). The van der Waals surface area contributed by atoms with Gasteiger partial charge in [0.25, 0.3) is 0 Å². The van der Waals surface area contributed by atoms with Gasteiger partial charge >= 0.3 is 41.3 Å². The van der Waals surface area contributed by atoms with E-state index in [1.54, 1.807) is 0 Å². The Morgan fingerprint density at radius 2 is 0.950 bits per heavy atom. The quantitative estimate of drug-likeness (QED) is 0.752. The second-order valence-electron chi connectivity index (χ2n) is 3.85. The first-order valence-electron chi connectivity index (χ1n) is 4.26. The van der Waals surface area contributed by atoms with Crippen LogP contribution in [0.2, 0.25) is 0 Å². The Labute approximate surface area is 101 Å². The Balaban J connectivity index is 3.99. The maximum absolute atomic E-state index is 13.0. The lowest BCUT2D eigenvalue weighted by Crippen LogP contribution is -2.65. The number of hydrogen-bond acceptors (Lipinski definition) is 1. The summed E-state index contributed by atoms with van der Waals surface area (Å²) in [5.74, 6) is -33.2. The normalized spacial score (nSPS) is 29.1. The van der Waals surface area contributed by atoms with Crippen LogP contribution in [0.25, 0.3) is 0 Å². The van der Waals surface area contributed by atoms with E-state index in [2.05, 4.69) is 0 Å². The van der Waals surface area contributed by atoms with Crippen molar-refractivity contribution in [3.05, 3.63) is 0 Å². The van der Waals surface area contributed by atoms with Crippen LogP contribution in [0, 0.1) is 5.41 Å². The highest BCUT2D eigenvalue weighted by Crippen LogP contribution is 2.75. The first kappa shape index (κ1) is 16.8. The summed E-state index contributed by atoms with van der Waals surface area (Å²) in [5.41, 5.74) is -6.96. The van der Waals surface area contributed by atoms with Crippen LogP contribution in [-0.4, -0.2) is 40.9 Å². The van der Waals surface area contributed by atoms with Gasteiger partial charge < -0.3 is 5.11 Å². The highest BCUT2D eigenvalue weighted by atomic mass is 19.4. The van der Waals surface area contributed by atoms with Crippen molar-refractivity contribution in [2.45, 2.75) is 29.9 Å². The second-order valence-corrected chi connectivity index (χ2v) is 3.85. The van der Waals surface area contributed by atoms with Gasteiger partial charge in [-0.1, -0.05) is 0 Å². The zero-order valence-electron chi connectivity index (χ0n) is 8.51. The predicted molar refractivity (Wildman–Crippen MR) is 35.9 cm³/mol. The molecule has 0 bridgehead atoms. The van der Waals surface area contributed by atoms with Gasteiger partial charge in [-0.05, 0) is 0 Å². The number of carboxylic acid groups (broad SMARTS) is 1. The number of rotatable bonds is 1. The minimum absolute atomic E-state index is 4.24. The molecule has 0 spiro atoms. The van der Waals surface area contributed by atoms with E-state index in [1.165, 1.54) is 0 Å². The molecule has 0 aromatic rings. The lowest BCUT2D eigenvalue weighted by molar-refractivity contribution is -0.349. The number of aliphatic carboxylic acids is 1. The fraction of sp³-hybridized carbons (Fsp3) is 0.857. The van der Waals surface area contributed by atoms with E-state index >= 15 is 0 Å². The van der Waals surface area contributed by atoms with Crippen LogP contribution < -0.4 is 0 Å². The zero-order valence-corrected chi connectivity index (χ0v) is 8.51. The van der Waals surface area contributed by atoms with Gasteiger partial charge in [-0.15, -0.1) is 0 Å². The maximum atomic E-state index is 13.0. The average Bonchev–Trinajstić information content (AvgIpc) is 2.17. The number of alkyl halides is 11. The summed E-state index contributed by atoms with van der Waals surface area (Å²) in [6, 6.07) is 0. The Kier molecular flexibility index (Phi) is 2.91. The van der Waals surface area contributed by atoms with Gasteiger partial charge in [0, 0.05) is 0 Å². The van der Waals surface area contributed by atoms with E-state index in [-0.39, 0.29) is 0 Å². The van der Waals surface area contributed by atoms with Crippen LogP contribution in [0.5, 0.6) is 0 Å². The van der Waals surface area contributed by atoms with Gasteiger partial charge in [0.15, 0.2) is 0 Å². The Bertz CT molecular complexity index is 422. The monoisotopic (exact) mass is 326 g/mol. The van der Waals surface area contributed by atoms with E-state index in [1.807, 2.05) is 0 Å². The van der Waals surface area contributed by atoms with Crippen molar-refractivity contribution in [1.82, 2.24) is 0 Å². The molecule has 0 heterocycles. The number of carboxylic acids is 1. The Morgan fingerprint density at radius 3 is 1.05 bits per heavy atom. The Hall–Kier alpha value is -1.30. The summed E-state index contributed by atoms with van der Waals surface area (Å²) in [6.07, 6.45) is -7.28. The Morgan fingerprint density at radius 1 is 0.700 bits per heavy atom. The molecule has 1 aliphatic rings. The third-order valence-corrected chi connectivity index (χ3v) is 2.87. The van der Waals surface area contributed by atoms with Gasteiger partial charge in [-0.2, -0.15) is 48.3 Å². The molecule has 1 saturated carbocycles. The van der Waals surface area contributed by atoms with Gasteiger partial charge in [0.1, 0.15) is 0 Å². The first-order chi connectivity index (χ1) is 8.44. The summed E-state index contributed by atoms with van der Waals surface area (Å²) in [7, 11) is 0. The molecule has 0 aromatic heterocycles. The molecule has 1 aliphatic carbocycles. The van der Waals surface area contributed by atoms with Crippen molar-refractivity contribution in [2.75, 3.05) is 0 Å². The van der Waals surface area contributed by atoms with E-state index in [0.29, 0.717) is 0 Å². The smallest absolute Gasteiger partial charge is 0.417 e. The molecule has 13 heteroatoms. The average molecular weight is 326 g/mol. The zero-order chi connectivity index (χ0) is 16.6. The first-order valence-corrected chi connectivity index (χ1v) is 4.26. The SMILES string of the molecule is O=C(O)C1(C(F)(F)F)C(F)(F)C(F)(F)C(F)(F)C1(F)F. The second kappa shape index (κ2) is 3.47. The van der Waals surface area contributed by atoms with E-state index in [0.717, 1.165) is 0 Å². The van der Waals surface area contributed by atoms with Crippen molar-refractivity contribution in [2.24, 2.45) is 5.41 Å². The van der Waals surface area contributed by atoms with Crippen molar-refractivity contribution in [1.29, 1.82) is 0 Å². The van der Waals surface area contributed by atoms with E-state index in [4.69, 9.17) is 5.11 Å². The summed E-state index contributed by atoms with van der Waals surface area (Å²) in [5, 5.41) is 7.99. The minimum Gasteiger partial charge on any atom is -0.480 e. The molecule has 0 aromatic carbocycles. The van der Waals surface area contributed by atoms with Crippen molar-refractivity contribution in [3.63, 3.8) is 0 Å². The van der Waals surface area contributed by atoms with Gasteiger partial charge in [0.05, 0.1) is 0 Å². The molecule has 0 radical (unpaired) electrons. The van der Waals surface area contributed by atoms with Crippen LogP contribution in [0.15, 0.2) is 0 Å². The van der Waals surface area contributed by atoms with Crippen molar-refractivity contribution >= 4 is 5.97 Å². The van der Waals surface area contributed by atoms with Crippen LogP contribution in [0.3, 0.4) is 0 Å². The largest absolute Gasteiger partial charge is 0.480 e. The molecule has 118 valence electrons. The third-order valence-electron chi connectivity index (χ3n) is 2.87. The molecule has 1 fully saturated rings. The third kappa shape index (κ3) is 1.19. The topological polar surface area (TPSA) is 37.3 Å². The van der Waals surface area contributed by atoms with Gasteiger partial charge in [-0.25, -0.2) is 0 Å². The molecule has 0 saturated heterocycles. The fourth-order valence-corrected chi connectivity index (χ4v) is 1.81. The van der Waals surface area contributed by atoms with E-state index in [9.17, 15) is 53.1 Å². The minimum atomic E-state index is -7.28. The standard InChI is InChI=1S/C7HF11O2/c8-3(9)2(1(19)20,7(16,17)18)4(10,11)6(14,15)5(3,12)13/h(H,19,20). The molecule has 0 atom stereocenters. The summed E-state index contributed by atoms with van der Waals surface area (Å²) >= 11 is 0. The van der Waals surface area contributed by atoms with Crippen LogP contribution in [-0.2, 0) is 4.79 Å². The summed E-state index contributed by atoms with van der Waals surface area (Å²) in [4.78, 5) is 10.2. The summed E-state index contributed by atoms with van der Waals surface area (Å²) < 4.78 is 139. The maximum Gasteiger partial charge on any atom is 0.417 e. The van der Waals surface area contributed by atoms with Crippen LogP contribution >= 0.6 is 0 Å². The van der Waals surface area contributed by atoms with Gasteiger partial charge in [-0.3, -0.25) is 4.79 Å². The molecule has 20 heavy (non-hydrogen) atoms. The van der Waals surface area contributed by atoms with E-state index < -0.39 is 41.3 Å². The molecule has 2 nitrogen and oxygen atoms in total. The van der Waals surface area contributed by atoms with Crippen LogP contribution in [0.4, 0.5) is 48.3 Å². The molecule has 0 aliphatic heterocycles. The summed E-state index contributed by atoms with van der Waals surface area (Å²) in [6.45, 7) is 0. The number of carbonyl (C=O) groups is 1. The molecule has 0 amide bonds. The number of hydrogen-bond donors (Lipinski definition) is 1. The highest BCUT2D eigenvalue weighted by Gasteiger charge is 3.07. The van der Waals surface area contributed by atoms with Crippen molar-refractivity contribution < 1.29 is 58.2 Å². The van der Waals surface area contributed by atoms with Crippen LogP contribution in [0.1, 0.15) is 0 Å². The highest BCUT2D eigenvalue weighted by molar-refractivity contribution is 5.81. The lowest BCUT2D eigenvalue weighted by Gasteiger charge is -2.35. The molecule has 1 N–H and O–H groups in total. The lowest BCUT2D eigenvalue weighted by atomic mass is 9.79. The number of halogens is 11. The molecular formula is C7HF11O2. The molecule has 0 unspecified atom stereocenters. The van der Waals surface area contributed by atoms with Gasteiger partial charge in [0.2, 0.25) is 0 Å². The predicted octanol–water partition coefficient (Wildman–Crippen LogP) is 3.17. The fourth-order valence-electron chi connectivity index (χ4n) is 1.81. The molecular weight excluding hydrogens is 325 g/mol.